The maximum Gasteiger partial charge on any atom is 0.164 e. The fraction of sp³-hybridized carbons (Fsp3) is 0. The van der Waals surface area contributed by atoms with Gasteiger partial charge in [-0.2, -0.15) is 0 Å². The molecule has 0 fully saturated rings. The molecule has 0 atom stereocenters. The molecule has 0 unspecified atom stereocenters. The second-order valence-corrected chi connectivity index (χ2v) is 14.4. The monoisotopic (exact) mass is 715 g/mol. The summed E-state index contributed by atoms with van der Waals surface area (Å²) in [6.45, 7) is 0. The van der Waals surface area contributed by atoms with Crippen LogP contribution >= 0.6 is 0 Å². The summed E-state index contributed by atoms with van der Waals surface area (Å²) in [6.07, 6.45) is 0. The smallest absolute Gasteiger partial charge is 0.164 e. The number of benzene rings is 9. The highest BCUT2D eigenvalue weighted by atomic mass is 16.3. The first kappa shape index (κ1) is 30.8. The van der Waals surface area contributed by atoms with E-state index in [0.717, 1.165) is 98.6 Å². The molecule has 0 aliphatic carbocycles. The Morgan fingerprint density at radius 1 is 0.286 bits per heavy atom. The normalized spacial score (nSPS) is 11.9. The van der Waals surface area contributed by atoms with Crippen molar-refractivity contribution in [3.8, 4) is 45.3 Å². The molecule has 0 saturated heterocycles. The number of aromatic nitrogens is 3. The molecule has 0 aliphatic heterocycles. The summed E-state index contributed by atoms with van der Waals surface area (Å²) in [6, 6.07) is 61.1. The van der Waals surface area contributed by atoms with Crippen LogP contribution in [0.3, 0.4) is 0 Å². The van der Waals surface area contributed by atoms with Crippen molar-refractivity contribution in [1.82, 2.24) is 15.0 Å². The van der Waals surface area contributed by atoms with Gasteiger partial charge >= 0.3 is 0 Å². The molecule has 0 saturated carbocycles. The summed E-state index contributed by atoms with van der Waals surface area (Å²) in [4.78, 5) is 15.5. The van der Waals surface area contributed by atoms with Crippen molar-refractivity contribution in [2.75, 3.05) is 0 Å². The van der Waals surface area contributed by atoms with E-state index in [0.29, 0.717) is 17.5 Å². The van der Waals surface area contributed by atoms with E-state index in [1.54, 1.807) is 0 Å². The Labute approximate surface area is 320 Å². The van der Waals surface area contributed by atoms with Gasteiger partial charge in [0.1, 0.15) is 22.3 Å². The number of para-hydroxylation sites is 2. The first-order chi connectivity index (χ1) is 27.7. The highest BCUT2D eigenvalue weighted by Crippen LogP contribution is 2.41. The van der Waals surface area contributed by atoms with E-state index in [9.17, 15) is 0 Å². The molecule has 9 aromatic carbocycles. The number of hydrogen-bond donors (Lipinski definition) is 0. The van der Waals surface area contributed by atoms with Gasteiger partial charge in [-0.25, -0.2) is 15.0 Å². The number of nitrogens with zero attached hydrogens (tertiary/aromatic N) is 3. The molecule has 12 aromatic rings. The largest absolute Gasteiger partial charge is 0.456 e. The Morgan fingerprint density at radius 3 is 1.57 bits per heavy atom. The molecular weight excluding hydrogens is 687 g/mol. The van der Waals surface area contributed by atoms with Gasteiger partial charge in [0.2, 0.25) is 0 Å². The lowest BCUT2D eigenvalue weighted by molar-refractivity contribution is 0.668. The van der Waals surface area contributed by atoms with Crippen LogP contribution in [0.4, 0.5) is 0 Å². The molecular formula is C51H29N3O2. The lowest BCUT2D eigenvalue weighted by Crippen LogP contribution is -2.00. The van der Waals surface area contributed by atoms with Gasteiger partial charge < -0.3 is 8.83 Å². The Kier molecular flexibility index (Phi) is 6.56. The van der Waals surface area contributed by atoms with Crippen LogP contribution < -0.4 is 0 Å². The SMILES string of the molecule is c1ccc2cc(-c3nc(-c4ccc5c(-c6cccc7oc8ccccc8c67)cccc5c4)nc(-c4ccc5ccc6oc7ccccc7c6c5c4)n3)ccc2c1. The Morgan fingerprint density at radius 2 is 0.804 bits per heavy atom. The molecule has 0 spiro atoms. The van der Waals surface area contributed by atoms with E-state index >= 15 is 0 Å². The van der Waals surface area contributed by atoms with Crippen LogP contribution in [-0.4, -0.2) is 15.0 Å². The molecule has 5 nitrogen and oxygen atoms in total. The molecule has 0 amide bonds. The predicted molar refractivity (Wildman–Crippen MR) is 229 cm³/mol. The van der Waals surface area contributed by atoms with Crippen molar-refractivity contribution in [2.24, 2.45) is 0 Å². The van der Waals surface area contributed by atoms with Gasteiger partial charge in [0, 0.05) is 38.2 Å². The summed E-state index contributed by atoms with van der Waals surface area (Å²) in [5.74, 6) is 1.84. The van der Waals surface area contributed by atoms with Gasteiger partial charge in [0.15, 0.2) is 17.5 Å². The number of hydrogen-bond acceptors (Lipinski definition) is 5. The third-order valence-corrected chi connectivity index (χ3v) is 11.1. The Hall–Kier alpha value is -7.63. The average Bonchev–Trinajstić information content (AvgIpc) is 3.84. The second kappa shape index (κ2) is 11.9. The second-order valence-electron chi connectivity index (χ2n) is 14.4. The average molecular weight is 716 g/mol. The Balaban J connectivity index is 1.05. The van der Waals surface area contributed by atoms with Crippen molar-refractivity contribution < 1.29 is 8.83 Å². The van der Waals surface area contributed by atoms with E-state index in [4.69, 9.17) is 23.8 Å². The van der Waals surface area contributed by atoms with Crippen molar-refractivity contribution in [3.05, 3.63) is 176 Å². The van der Waals surface area contributed by atoms with Crippen LogP contribution in [0.2, 0.25) is 0 Å². The molecule has 0 aliphatic rings. The molecule has 12 rings (SSSR count). The van der Waals surface area contributed by atoms with E-state index in [1.165, 1.54) is 5.39 Å². The quantitative estimate of drug-likeness (QED) is 0.181. The van der Waals surface area contributed by atoms with Crippen LogP contribution in [0.15, 0.2) is 185 Å². The lowest BCUT2D eigenvalue weighted by Gasteiger charge is -2.12. The predicted octanol–water partition coefficient (Wildman–Crippen LogP) is 13.8. The molecule has 260 valence electrons. The van der Waals surface area contributed by atoms with E-state index in [-0.39, 0.29) is 0 Å². The van der Waals surface area contributed by atoms with Crippen LogP contribution in [0.1, 0.15) is 0 Å². The third kappa shape index (κ3) is 4.78. The summed E-state index contributed by atoms with van der Waals surface area (Å²) in [7, 11) is 0. The van der Waals surface area contributed by atoms with Gasteiger partial charge in [0.25, 0.3) is 0 Å². The van der Waals surface area contributed by atoms with E-state index in [1.807, 2.05) is 30.3 Å². The van der Waals surface area contributed by atoms with Gasteiger partial charge in [-0.1, -0.05) is 133 Å². The highest BCUT2D eigenvalue weighted by Gasteiger charge is 2.18. The summed E-state index contributed by atoms with van der Waals surface area (Å²) >= 11 is 0. The lowest BCUT2D eigenvalue weighted by atomic mass is 9.94. The molecule has 3 aromatic heterocycles. The number of fused-ring (bicyclic) bond motifs is 10. The molecule has 0 bridgehead atoms. The number of furan rings is 2. The van der Waals surface area contributed by atoms with Gasteiger partial charge in [0.05, 0.1) is 0 Å². The van der Waals surface area contributed by atoms with E-state index in [2.05, 4.69) is 146 Å². The molecule has 3 heterocycles. The van der Waals surface area contributed by atoms with Crippen LogP contribution in [0.5, 0.6) is 0 Å². The minimum Gasteiger partial charge on any atom is -0.456 e. The summed E-state index contributed by atoms with van der Waals surface area (Å²) in [5, 5.41) is 11.2. The maximum atomic E-state index is 6.26. The van der Waals surface area contributed by atoms with Gasteiger partial charge in [-0.15, -0.1) is 0 Å². The minimum absolute atomic E-state index is 0.609. The van der Waals surface area contributed by atoms with Crippen molar-refractivity contribution >= 4 is 76.2 Å². The zero-order valence-electron chi connectivity index (χ0n) is 29.9. The van der Waals surface area contributed by atoms with E-state index < -0.39 is 0 Å². The van der Waals surface area contributed by atoms with Gasteiger partial charge in [-0.3, -0.25) is 0 Å². The molecule has 5 heteroatoms. The third-order valence-electron chi connectivity index (χ3n) is 11.1. The molecule has 0 N–H and O–H groups in total. The first-order valence-electron chi connectivity index (χ1n) is 18.8. The van der Waals surface area contributed by atoms with Crippen molar-refractivity contribution in [3.63, 3.8) is 0 Å². The van der Waals surface area contributed by atoms with Crippen LogP contribution in [-0.2, 0) is 0 Å². The fourth-order valence-corrected chi connectivity index (χ4v) is 8.43. The van der Waals surface area contributed by atoms with Gasteiger partial charge in [-0.05, 0) is 85.9 Å². The molecule has 0 radical (unpaired) electrons. The highest BCUT2D eigenvalue weighted by molar-refractivity contribution is 6.19. The van der Waals surface area contributed by atoms with Crippen LogP contribution in [0.25, 0.3) is 121 Å². The van der Waals surface area contributed by atoms with Crippen molar-refractivity contribution in [2.45, 2.75) is 0 Å². The summed E-state index contributed by atoms with van der Waals surface area (Å²) in [5.41, 5.74) is 8.54. The fourth-order valence-electron chi connectivity index (χ4n) is 8.43. The minimum atomic E-state index is 0.609. The zero-order valence-corrected chi connectivity index (χ0v) is 29.9. The first-order valence-corrected chi connectivity index (χ1v) is 18.8. The topological polar surface area (TPSA) is 65.0 Å². The Bertz CT molecular complexity index is 3560. The summed E-state index contributed by atoms with van der Waals surface area (Å²) < 4.78 is 12.5. The standard InChI is InChI=1S/C51H29N3O2/c1-2-10-32-27-34(21-19-30(32)9-1)49-52-50(54-51(53-49)36-22-20-31-24-26-46-48(42(31)29-36)41-13-4-6-17-44(41)56-46)35-23-25-37-33(28-35)11-7-14-38(37)39-15-8-18-45-47(39)40-12-3-5-16-43(40)55-45/h1-29H. The van der Waals surface area contributed by atoms with Crippen molar-refractivity contribution in [1.29, 1.82) is 0 Å². The maximum absolute atomic E-state index is 6.26. The zero-order chi connectivity index (χ0) is 36.7. The molecule has 56 heavy (non-hydrogen) atoms. The van der Waals surface area contributed by atoms with Crippen LogP contribution in [0, 0.1) is 0 Å². The number of rotatable bonds is 4.